The molecule has 1 N–H and O–H groups in total. The Kier molecular flexibility index (Phi) is 3.77. The van der Waals surface area contributed by atoms with E-state index in [-0.39, 0.29) is 0 Å². The number of rotatable bonds is 3. The topological polar surface area (TPSA) is 37.8 Å². The van der Waals surface area contributed by atoms with Crippen molar-refractivity contribution in [3.05, 3.63) is 52.9 Å². The van der Waals surface area contributed by atoms with E-state index in [9.17, 15) is 0 Å². The van der Waals surface area contributed by atoms with Crippen LogP contribution in [0.25, 0.3) is 21.5 Å². The molecular weight excluding hydrogens is 366 g/mol. The van der Waals surface area contributed by atoms with Gasteiger partial charge in [-0.05, 0) is 42.9 Å². The van der Waals surface area contributed by atoms with Crippen LogP contribution in [0.5, 0.6) is 0 Å². The molecule has 0 fully saturated rings. The Labute approximate surface area is 158 Å². The minimum atomic E-state index is 0.910. The fraction of sp³-hybridized carbons (Fsp3) is 0.158. The van der Waals surface area contributed by atoms with Gasteiger partial charge in [-0.2, -0.15) is 0 Å². The highest BCUT2D eigenvalue weighted by atomic mass is 32.2. The lowest BCUT2D eigenvalue weighted by molar-refractivity contribution is 0.955. The highest BCUT2D eigenvalue weighted by Gasteiger charge is 2.20. The van der Waals surface area contributed by atoms with Crippen LogP contribution in [-0.4, -0.2) is 16.2 Å². The average Bonchev–Trinajstić information content (AvgIpc) is 3.24. The van der Waals surface area contributed by atoms with E-state index in [0.717, 1.165) is 34.3 Å². The molecule has 2 aromatic carbocycles. The van der Waals surface area contributed by atoms with Gasteiger partial charge in [0, 0.05) is 15.3 Å². The first kappa shape index (κ1) is 15.4. The van der Waals surface area contributed by atoms with Gasteiger partial charge in [-0.3, -0.25) is 0 Å². The van der Waals surface area contributed by atoms with Gasteiger partial charge in [0.1, 0.15) is 0 Å². The van der Waals surface area contributed by atoms with Crippen molar-refractivity contribution in [2.75, 3.05) is 11.6 Å². The molecule has 25 heavy (non-hydrogen) atoms. The number of hydrogen-bond donors (Lipinski definition) is 1. The summed E-state index contributed by atoms with van der Waals surface area (Å²) >= 11 is 5.19. The predicted molar refractivity (Wildman–Crippen MR) is 110 cm³/mol. The molecule has 2 heterocycles. The van der Waals surface area contributed by atoms with Crippen LogP contribution in [0.1, 0.15) is 10.4 Å². The number of fused-ring (bicyclic) bond motifs is 4. The monoisotopic (exact) mass is 381 g/mol. The molecule has 0 aliphatic heterocycles. The molecule has 0 unspecified atom stereocenters. The van der Waals surface area contributed by atoms with Gasteiger partial charge in [-0.25, -0.2) is 9.97 Å². The van der Waals surface area contributed by atoms with Crippen molar-refractivity contribution in [1.82, 2.24) is 9.97 Å². The van der Waals surface area contributed by atoms with Gasteiger partial charge in [0.15, 0.2) is 10.3 Å². The second-order valence-corrected chi connectivity index (χ2v) is 8.92. The quantitative estimate of drug-likeness (QED) is 0.443. The molecule has 0 radical (unpaired) electrons. The summed E-state index contributed by atoms with van der Waals surface area (Å²) in [6.45, 7) is 0. The van der Waals surface area contributed by atoms with E-state index >= 15 is 0 Å². The van der Waals surface area contributed by atoms with E-state index < -0.39 is 0 Å². The maximum Gasteiger partial charge on any atom is 0.190 e. The first-order valence-electron chi connectivity index (χ1n) is 8.10. The number of nitrogens with one attached hydrogen (secondary N) is 1. The van der Waals surface area contributed by atoms with Crippen molar-refractivity contribution in [3.63, 3.8) is 0 Å². The number of thiazole rings is 2. The minimum absolute atomic E-state index is 0.910. The summed E-state index contributed by atoms with van der Waals surface area (Å²) in [5, 5.41) is 5.27. The molecular formula is C19H15N3S3. The Morgan fingerprint density at radius 2 is 1.88 bits per heavy atom. The molecule has 0 bridgehead atoms. The molecule has 6 heteroatoms. The summed E-state index contributed by atoms with van der Waals surface area (Å²) in [7, 11) is 0. The second-order valence-electron chi connectivity index (χ2n) is 5.93. The summed E-state index contributed by atoms with van der Waals surface area (Å²) in [6.07, 6.45) is 4.27. The third kappa shape index (κ3) is 2.74. The van der Waals surface area contributed by atoms with Gasteiger partial charge in [-0.1, -0.05) is 35.6 Å². The van der Waals surface area contributed by atoms with Crippen molar-refractivity contribution < 1.29 is 0 Å². The third-order valence-corrected chi connectivity index (χ3v) is 7.09. The Balaban J connectivity index is 1.49. The first-order chi connectivity index (χ1) is 12.3. The summed E-state index contributed by atoms with van der Waals surface area (Å²) in [5.41, 5.74) is 4.86. The zero-order chi connectivity index (χ0) is 16.8. The highest BCUT2D eigenvalue weighted by molar-refractivity contribution is 7.98. The van der Waals surface area contributed by atoms with E-state index in [4.69, 9.17) is 9.97 Å². The van der Waals surface area contributed by atoms with E-state index in [1.165, 1.54) is 25.6 Å². The zero-order valence-electron chi connectivity index (χ0n) is 13.6. The second kappa shape index (κ2) is 6.12. The molecule has 124 valence electrons. The van der Waals surface area contributed by atoms with Crippen LogP contribution in [0.3, 0.4) is 0 Å². The van der Waals surface area contributed by atoms with Gasteiger partial charge in [0.2, 0.25) is 0 Å². The van der Waals surface area contributed by atoms with Crippen LogP contribution in [0, 0.1) is 0 Å². The molecule has 3 nitrogen and oxygen atoms in total. The van der Waals surface area contributed by atoms with Gasteiger partial charge < -0.3 is 5.32 Å². The van der Waals surface area contributed by atoms with Crippen LogP contribution in [-0.2, 0) is 12.8 Å². The Morgan fingerprint density at radius 1 is 1.00 bits per heavy atom. The van der Waals surface area contributed by atoms with E-state index in [1.807, 2.05) is 0 Å². The zero-order valence-corrected chi connectivity index (χ0v) is 16.0. The van der Waals surface area contributed by atoms with E-state index in [0.29, 0.717) is 0 Å². The Morgan fingerprint density at radius 3 is 2.80 bits per heavy atom. The molecule has 0 saturated heterocycles. The van der Waals surface area contributed by atoms with Crippen LogP contribution < -0.4 is 5.32 Å². The van der Waals surface area contributed by atoms with Crippen molar-refractivity contribution in [2.45, 2.75) is 17.7 Å². The standard InChI is InChI=1S/C19H15N3S3/c1-23-12-7-8-14-16(10-12)25-18(20-14)22-19-21-17-13-5-3-2-4-11(13)6-9-15(17)24-19/h2-5,7-8,10H,6,9H2,1H3,(H,20,21,22). The van der Waals surface area contributed by atoms with E-state index in [1.54, 1.807) is 34.4 Å². The molecule has 2 aromatic heterocycles. The number of aryl methyl sites for hydroxylation is 2. The maximum atomic E-state index is 4.86. The number of aromatic nitrogens is 2. The fourth-order valence-corrected chi connectivity index (χ4v) is 5.64. The van der Waals surface area contributed by atoms with Crippen LogP contribution >= 0.6 is 34.4 Å². The molecule has 0 spiro atoms. The Bertz CT molecular complexity index is 1080. The lowest BCUT2D eigenvalue weighted by atomic mass is 9.94. The largest absolute Gasteiger partial charge is 0.307 e. The van der Waals surface area contributed by atoms with Gasteiger partial charge >= 0.3 is 0 Å². The number of thioether (sulfide) groups is 1. The lowest BCUT2D eigenvalue weighted by Gasteiger charge is -2.13. The SMILES string of the molecule is CSc1ccc2nc(Nc3nc4c(s3)CCc3ccccc3-4)sc2c1. The molecule has 1 aliphatic carbocycles. The molecule has 0 amide bonds. The van der Waals surface area contributed by atoms with Gasteiger partial charge in [-0.15, -0.1) is 23.1 Å². The molecule has 0 saturated carbocycles. The summed E-state index contributed by atoms with van der Waals surface area (Å²) < 4.78 is 1.21. The van der Waals surface area contributed by atoms with Crippen molar-refractivity contribution in [1.29, 1.82) is 0 Å². The highest BCUT2D eigenvalue weighted by Crippen LogP contribution is 2.39. The number of anilines is 2. The minimum Gasteiger partial charge on any atom is -0.307 e. The molecule has 4 aromatic rings. The van der Waals surface area contributed by atoms with Crippen LogP contribution in [0.2, 0.25) is 0 Å². The lowest BCUT2D eigenvalue weighted by Crippen LogP contribution is -2.01. The number of nitrogens with zero attached hydrogens (tertiary/aromatic N) is 2. The van der Waals surface area contributed by atoms with E-state index in [2.05, 4.69) is 54.0 Å². The number of hydrogen-bond acceptors (Lipinski definition) is 6. The van der Waals surface area contributed by atoms with Crippen molar-refractivity contribution in [2.24, 2.45) is 0 Å². The molecule has 0 atom stereocenters. The summed E-state index contributed by atoms with van der Waals surface area (Å²) in [5.74, 6) is 0. The molecule has 5 rings (SSSR count). The van der Waals surface area contributed by atoms with Crippen LogP contribution in [0.15, 0.2) is 47.4 Å². The maximum absolute atomic E-state index is 4.86. The van der Waals surface area contributed by atoms with Crippen LogP contribution in [0.4, 0.5) is 10.3 Å². The van der Waals surface area contributed by atoms with Gasteiger partial charge in [0.05, 0.1) is 15.9 Å². The smallest absolute Gasteiger partial charge is 0.190 e. The van der Waals surface area contributed by atoms with Crippen molar-refractivity contribution in [3.8, 4) is 11.3 Å². The Hall–Kier alpha value is -1.89. The number of benzene rings is 2. The van der Waals surface area contributed by atoms with Gasteiger partial charge in [0.25, 0.3) is 0 Å². The summed E-state index contributed by atoms with van der Waals surface area (Å²) in [4.78, 5) is 12.2. The first-order valence-corrected chi connectivity index (χ1v) is 11.0. The average molecular weight is 382 g/mol. The predicted octanol–water partition coefficient (Wildman–Crippen LogP) is 5.98. The van der Waals surface area contributed by atoms with Crippen molar-refractivity contribution >= 4 is 54.9 Å². The third-order valence-electron chi connectivity index (χ3n) is 4.40. The normalized spacial score (nSPS) is 12.8. The molecule has 1 aliphatic rings. The fourth-order valence-electron chi connectivity index (χ4n) is 3.18. The summed E-state index contributed by atoms with van der Waals surface area (Å²) in [6, 6.07) is 15.0.